The van der Waals surface area contributed by atoms with Gasteiger partial charge in [0.15, 0.2) is 0 Å². The molecule has 1 aliphatic rings. The van der Waals surface area contributed by atoms with Crippen LogP contribution in [0.15, 0.2) is 17.5 Å². The van der Waals surface area contributed by atoms with Crippen LogP contribution in [-0.2, 0) is 10.2 Å². The lowest BCUT2D eigenvalue weighted by Gasteiger charge is -2.24. The van der Waals surface area contributed by atoms with Crippen molar-refractivity contribution in [3.05, 3.63) is 22.4 Å². The fraction of sp³-hybridized carbons (Fsp3) is 0.615. The maximum Gasteiger partial charge on any atom is 0.220 e. The van der Waals surface area contributed by atoms with Gasteiger partial charge in [0.05, 0.1) is 0 Å². The first-order valence-corrected chi connectivity index (χ1v) is 7.00. The highest BCUT2D eigenvalue weighted by molar-refractivity contribution is 7.10. The smallest absolute Gasteiger partial charge is 0.220 e. The van der Waals surface area contributed by atoms with Crippen molar-refractivity contribution in [1.82, 2.24) is 10.6 Å². The SMILES string of the molecule is CC(C)(CNCC1CCC(=O)N1)c1cccs1. The molecule has 0 aromatic carbocycles. The Bertz CT molecular complexity index is 373. The average molecular weight is 252 g/mol. The van der Waals surface area contributed by atoms with Crippen LogP contribution < -0.4 is 10.6 Å². The molecule has 1 aromatic heterocycles. The summed E-state index contributed by atoms with van der Waals surface area (Å²) in [6.45, 7) is 6.32. The van der Waals surface area contributed by atoms with Crippen molar-refractivity contribution in [2.75, 3.05) is 13.1 Å². The molecule has 0 spiro atoms. The summed E-state index contributed by atoms with van der Waals surface area (Å²) in [5.41, 5.74) is 0.163. The van der Waals surface area contributed by atoms with E-state index in [-0.39, 0.29) is 11.3 Å². The largest absolute Gasteiger partial charge is 0.352 e. The Hall–Kier alpha value is -0.870. The van der Waals surface area contributed by atoms with Crippen LogP contribution in [0.5, 0.6) is 0 Å². The van der Waals surface area contributed by atoms with Crippen molar-refractivity contribution in [1.29, 1.82) is 0 Å². The van der Waals surface area contributed by atoms with Crippen molar-refractivity contribution in [3.8, 4) is 0 Å². The van der Waals surface area contributed by atoms with Crippen molar-refractivity contribution in [2.24, 2.45) is 0 Å². The highest BCUT2D eigenvalue weighted by Gasteiger charge is 2.24. The number of hydrogen-bond acceptors (Lipinski definition) is 3. The predicted molar refractivity (Wildman–Crippen MR) is 71.4 cm³/mol. The molecule has 1 unspecified atom stereocenters. The molecule has 94 valence electrons. The number of rotatable bonds is 5. The van der Waals surface area contributed by atoms with Crippen LogP contribution in [0.2, 0.25) is 0 Å². The summed E-state index contributed by atoms with van der Waals surface area (Å²) in [6.07, 6.45) is 1.64. The summed E-state index contributed by atoms with van der Waals surface area (Å²) in [4.78, 5) is 12.5. The highest BCUT2D eigenvalue weighted by Crippen LogP contribution is 2.26. The van der Waals surface area contributed by atoms with Crippen LogP contribution in [0.3, 0.4) is 0 Å². The first kappa shape index (κ1) is 12.6. The molecule has 2 heterocycles. The van der Waals surface area contributed by atoms with E-state index in [1.54, 1.807) is 11.3 Å². The number of thiophene rings is 1. The summed E-state index contributed by atoms with van der Waals surface area (Å²) in [6, 6.07) is 4.60. The fourth-order valence-corrected chi connectivity index (χ4v) is 2.99. The van der Waals surface area contributed by atoms with Gasteiger partial charge < -0.3 is 10.6 Å². The normalized spacial score (nSPS) is 20.6. The van der Waals surface area contributed by atoms with Crippen LogP contribution in [0.25, 0.3) is 0 Å². The molecule has 4 heteroatoms. The highest BCUT2D eigenvalue weighted by atomic mass is 32.1. The van der Waals surface area contributed by atoms with E-state index in [4.69, 9.17) is 0 Å². The number of hydrogen-bond donors (Lipinski definition) is 2. The number of nitrogens with one attached hydrogen (secondary N) is 2. The predicted octanol–water partition coefficient (Wildman–Crippen LogP) is 1.89. The summed E-state index contributed by atoms with van der Waals surface area (Å²) >= 11 is 1.80. The molecule has 3 nitrogen and oxygen atoms in total. The first-order chi connectivity index (χ1) is 8.08. The molecular weight excluding hydrogens is 232 g/mol. The molecule has 0 radical (unpaired) electrons. The summed E-state index contributed by atoms with van der Waals surface area (Å²) in [5.74, 6) is 0.189. The van der Waals surface area contributed by atoms with Crippen molar-refractivity contribution >= 4 is 17.2 Å². The fourth-order valence-electron chi connectivity index (χ4n) is 2.14. The van der Waals surface area contributed by atoms with Gasteiger partial charge in [-0.25, -0.2) is 0 Å². The zero-order valence-corrected chi connectivity index (χ0v) is 11.3. The Balaban J connectivity index is 1.76. The van der Waals surface area contributed by atoms with E-state index < -0.39 is 0 Å². The summed E-state index contributed by atoms with van der Waals surface area (Å²) in [7, 11) is 0. The van der Waals surface area contributed by atoms with Gasteiger partial charge in [-0.3, -0.25) is 4.79 Å². The van der Waals surface area contributed by atoms with Gasteiger partial charge >= 0.3 is 0 Å². The molecule has 1 fully saturated rings. The Morgan fingerprint density at radius 3 is 3.00 bits per heavy atom. The molecule has 2 N–H and O–H groups in total. The van der Waals surface area contributed by atoms with Crippen LogP contribution in [0, 0.1) is 0 Å². The summed E-state index contributed by atoms with van der Waals surface area (Å²) < 4.78 is 0. The van der Waals surface area contributed by atoms with Gasteiger partial charge in [0, 0.05) is 35.8 Å². The molecule has 1 saturated heterocycles. The van der Waals surface area contributed by atoms with Crippen LogP contribution in [-0.4, -0.2) is 25.0 Å². The molecule has 0 aliphatic carbocycles. The molecule has 1 atom stereocenters. The molecule has 0 bridgehead atoms. The minimum absolute atomic E-state index is 0.163. The van der Waals surface area contributed by atoms with Crippen LogP contribution in [0.1, 0.15) is 31.6 Å². The van der Waals surface area contributed by atoms with Gasteiger partial charge in [-0.1, -0.05) is 19.9 Å². The van der Waals surface area contributed by atoms with E-state index in [0.717, 1.165) is 19.5 Å². The maximum absolute atomic E-state index is 11.1. The maximum atomic E-state index is 11.1. The van der Waals surface area contributed by atoms with Crippen molar-refractivity contribution < 1.29 is 4.79 Å². The summed E-state index contributed by atoms with van der Waals surface area (Å²) in [5, 5.41) is 8.56. The lowest BCUT2D eigenvalue weighted by molar-refractivity contribution is -0.119. The van der Waals surface area contributed by atoms with Crippen molar-refractivity contribution in [3.63, 3.8) is 0 Å². The zero-order valence-electron chi connectivity index (χ0n) is 10.5. The van der Waals surface area contributed by atoms with Crippen LogP contribution in [0.4, 0.5) is 0 Å². The van der Waals surface area contributed by atoms with Crippen LogP contribution >= 0.6 is 11.3 Å². The topological polar surface area (TPSA) is 41.1 Å². The Morgan fingerprint density at radius 1 is 1.59 bits per heavy atom. The van der Waals surface area contributed by atoms with Gasteiger partial charge in [0.2, 0.25) is 5.91 Å². The van der Waals surface area contributed by atoms with Gasteiger partial charge in [-0.2, -0.15) is 0 Å². The minimum Gasteiger partial charge on any atom is -0.352 e. The molecule has 0 saturated carbocycles. The van der Waals surface area contributed by atoms with Gasteiger partial charge in [0.25, 0.3) is 0 Å². The van der Waals surface area contributed by atoms with Gasteiger partial charge in [-0.15, -0.1) is 11.3 Å². The van der Waals surface area contributed by atoms with E-state index in [1.165, 1.54) is 4.88 Å². The van der Waals surface area contributed by atoms with E-state index >= 15 is 0 Å². The molecule has 1 aliphatic heterocycles. The first-order valence-electron chi connectivity index (χ1n) is 6.12. The third-order valence-electron chi connectivity index (χ3n) is 3.23. The minimum atomic E-state index is 0.163. The Kier molecular flexibility index (Phi) is 3.84. The number of carbonyl (C=O) groups excluding carboxylic acids is 1. The van der Waals surface area contributed by atoms with Gasteiger partial charge in [-0.05, 0) is 17.9 Å². The molecular formula is C13H20N2OS. The molecule has 2 rings (SSSR count). The van der Waals surface area contributed by atoms with E-state index in [0.29, 0.717) is 12.5 Å². The molecule has 1 amide bonds. The van der Waals surface area contributed by atoms with E-state index in [1.807, 2.05) is 0 Å². The van der Waals surface area contributed by atoms with E-state index in [2.05, 4.69) is 42.0 Å². The third kappa shape index (κ3) is 3.30. The average Bonchev–Trinajstić information content (AvgIpc) is 2.89. The molecule has 1 aromatic rings. The second-order valence-corrected chi connectivity index (χ2v) is 6.24. The third-order valence-corrected chi connectivity index (χ3v) is 4.47. The lowest BCUT2D eigenvalue weighted by Crippen LogP contribution is -2.40. The van der Waals surface area contributed by atoms with E-state index in [9.17, 15) is 4.79 Å². The lowest BCUT2D eigenvalue weighted by atomic mass is 9.91. The monoisotopic (exact) mass is 252 g/mol. The quantitative estimate of drug-likeness (QED) is 0.840. The van der Waals surface area contributed by atoms with Gasteiger partial charge in [0.1, 0.15) is 0 Å². The zero-order chi connectivity index (χ0) is 12.3. The number of amides is 1. The van der Waals surface area contributed by atoms with Crippen molar-refractivity contribution in [2.45, 2.75) is 38.1 Å². The second-order valence-electron chi connectivity index (χ2n) is 5.30. The Morgan fingerprint density at radius 2 is 2.41 bits per heavy atom. The number of carbonyl (C=O) groups is 1. The standard InChI is InChI=1S/C13H20N2OS/c1-13(2,11-4-3-7-17-11)9-14-8-10-5-6-12(16)15-10/h3-4,7,10,14H,5-6,8-9H2,1-2H3,(H,15,16). The Labute approximate surface area is 107 Å². The second kappa shape index (κ2) is 5.19. The molecule has 17 heavy (non-hydrogen) atoms.